The van der Waals surface area contributed by atoms with Crippen molar-refractivity contribution in [2.45, 2.75) is 31.6 Å². The minimum absolute atomic E-state index is 0.0174. The highest BCUT2D eigenvalue weighted by atomic mass is 32.2. The van der Waals surface area contributed by atoms with Gasteiger partial charge >= 0.3 is 0 Å². The predicted octanol–water partition coefficient (Wildman–Crippen LogP) is 4.78. The van der Waals surface area contributed by atoms with E-state index in [1.807, 2.05) is 51.1 Å². The fourth-order valence-electron chi connectivity index (χ4n) is 4.08. The molecule has 7 nitrogen and oxygen atoms in total. The van der Waals surface area contributed by atoms with Crippen molar-refractivity contribution < 1.29 is 13.5 Å². The van der Waals surface area contributed by atoms with E-state index >= 15 is 0 Å². The van der Waals surface area contributed by atoms with Gasteiger partial charge in [0.05, 0.1) is 16.3 Å². The van der Waals surface area contributed by atoms with Crippen LogP contribution in [0.3, 0.4) is 0 Å². The monoisotopic (exact) mass is 477 g/mol. The van der Waals surface area contributed by atoms with Crippen LogP contribution in [0.4, 0.5) is 5.69 Å². The van der Waals surface area contributed by atoms with E-state index in [1.54, 1.807) is 36.0 Å². The molecule has 0 atom stereocenters. The lowest BCUT2D eigenvalue weighted by molar-refractivity contribution is 0.477. The number of hydrogen-bond donors (Lipinski definition) is 2. The van der Waals surface area contributed by atoms with Gasteiger partial charge < -0.3 is 5.11 Å². The summed E-state index contributed by atoms with van der Waals surface area (Å²) in [7, 11) is -2.17. The van der Waals surface area contributed by atoms with Gasteiger partial charge in [-0.3, -0.25) is 14.2 Å². The molecule has 0 amide bonds. The molecule has 3 aromatic carbocycles. The third-order valence-electron chi connectivity index (χ3n) is 5.91. The van der Waals surface area contributed by atoms with Gasteiger partial charge in [0.25, 0.3) is 15.6 Å². The summed E-state index contributed by atoms with van der Waals surface area (Å²) in [5.74, 6) is -0.102. The molecule has 1 heterocycles. The molecule has 0 aliphatic rings. The lowest BCUT2D eigenvalue weighted by atomic mass is 10.0. The molecule has 34 heavy (non-hydrogen) atoms. The number of aromatic hydroxyl groups is 1. The Bertz CT molecular complexity index is 1500. The van der Waals surface area contributed by atoms with Crippen LogP contribution >= 0.6 is 0 Å². The summed E-state index contributed by atoms with van der Waals surface area (Å²) in [5, 5.41) is 10.3. The molecule has 0 fully saturated rings. The van der Waals surface area contributed by atoms with Gasteiger partial charge in [-0.25, -0.2) is 13.1 Å². The number of hydrogen-bond acceptors (Lipinski definition) is 4. The summed E-state index contributed by atoms with van der Waals surface area (Å²) in [4.78, 5) is 13.0. The summed E-state index contributed by atoms with van der Waals surface area (Å²) < 4.78 is 31.8. The molecule has 0 saturated carbocycles. The Morgan fingerprint density at radius 3 is 2.15 bits per heavy atom. The third-order valence-corrected chi connectivity index (χ3v) is 7.30. The highest BCUT2D eigenvalue weighted by Crippen LogP contribution is 2.31. The number of sulfonamides is 1. The second kappa shape index (κ2) is 8.87. The van der Waals surface area contributed by atoms with Crippen molar-refractivity contribution in [1.29, 1.82) is 0 Å². The zero-order valence-corrected chi connectivity index (χ0v) is 20.3. The van der Waals surface area contributed by atoms with Crippen LogP contribution in [-0.4, -0.2) is 22.9 Å². The zero-order valence-electron chi connectivity index (χ0n) is 19.5. The maximum atomic E-state index is 13.0. The third kappa shape index (κ3) is 4.24. The first-order chi connectivity index (χ1) is 16.1. The van der Waals surface area contributed by atoms with E-state index in [1.165, 1.54) is 22.9 Å². The van der Waals surface area contributed by atoms with E-state index in [0.29, 0.717) is 5.69 Å². The Morgan fingerprint density at radius 1 is 0.912 bits per heavy atom. The van der Waals surface area contributed by atoms with Gasteiger partial charge in [0.2, 0.25) is 0 Å². The van der Waals surface area contributed by atoms with Crippen LogP contribution < -0.4 is 10.3 Å². The number of aromatic nitrogens is 2. The van der Waals surface area contributed by atoms with Crippen molar-refractivity contribution in [2.24, 2.45) is 7.05 Å². The molecule has 8 heteroatoms. The van der Waals surface area contributed by atoms with Crippen LogP contribution in [0.25, 0.3) is 16.8 Å². The molecule has 4 rings (SSSR count). The van der Waals surface area contributed by atoms with E-state index in [9.17, 15) is 18.3 Å². The topological polar surface area (TPSA) is 93.3 Å². The molecule has 0 aliphatic heterocycles. The van der Waals surface area contributed by atoms with Crippen molar-refractivity contribution in [2.75, 3.05) is 4.72 Å². The highest BCUT2D eigenvalue weighted by Gasteiger charge is 2.20. The number of anilines is 1. The zero-order chi connectivity index (χ0) is 24.6. The van der Waals surface area contributed by atoms with Crippen molar-refractivity contribution in [3.05, 3.63) is 94.4 Å². The first-order valence-corrected chi connectivity index (χ1v) is 12.4. The average molecular weight is 478 g/mol. The van der Waals surface area contributed by atoms with Crippen LogP contribution in [-0.2, 0) is 17.1 Å². The fraction of sp³-hybridized carbons (Fsp3) is 0.192. The van der Waals surface area contributed by atoms with Gasteiger partial charge in [-0.15, -0.1) is 0 Å². The molecule has 0 unspecified atom stereocenters. The average Bonchev–Trinajstić information content (AvgIpc) is 3.04. The number of rotatable bonds is 6. The van der Waals surface area contributed by atoms with Crippen LogP contribution in [0.2, 0.25) is 0 Å². The normalized spacial score (nSPS) is 11.7. The first kappa shape index (κ1) is 23.4. The molecule has 1 aromatic heterocycles. The SMILES string of the molecule is Cc1c(C(C)C)c(=O)n(-c2ccc(S(=O)(=O)Nc3cc(-c4ccccc4)ccc3O)cc2)n1C. The van der Waals surface area contributed by atoms with E-state index < -0.39 is 10.0 Å². The van der Waals surface area contributed by atoms with Gasteiger partial charge in [0, 0.05) is 18.3 Å². The first-order valence-electron chi connectivity index (χ1n) is 10.9. The molecule has 176 valence electrons. The maximum Gasteiger partial charge on any atom is 0.275 e. The second-order valence-electron chi connectivity index (χ2n) is 8.49. The molecule has 0 bridgehead atoms. The van der Waals surface area contributed by atoms with Crippen LogP contribution in [0, 0.1) is 6.92 Å². The summed E-state index contributed by atoms with van der Waals surface area (Å²) >= 11 is 0. The number of nitrogens with zero attached hydrogens (tertiary/aromatic N) is 2. The summed E-state index contributed by atoms with van der Waals surface area (Å²) in [5.41, 5.74) is 3.80. The Balaban J connectivity index is 1.66. The van der Waals surface area contributed by atoms with Crippen molar-refractivity contribution in [3.8, 4) is 22.6 Å². The molecular formula is C26H27N3O4S. The second-order valence-corrected chi connectivity index (χ2v) is 10.2. The van der Waals surface area contributed by atoms with Gasteiger partial charge in [0.1, 0.15) is 5.75 Å². The van der Waals surface area contributed by atoms with Crippen LogP contribution in [0.5, 0.6) is 5.75 Å². The summed E-state index contributed by atoms with van der Waals surface area (Å²) in [6.45, 7) is 5.83. The number of phenols is 1. The van der Waals surface area contributed by atoms with Crippen molar-refractivity contribution >= 4 is 15.7 Å². The highest BCUT2D eigenvalue weighted by molar-refractivity contribution is 7.92. The Hall–Kier alpha value is -3.78. The molecular weight excluding hydrogens is 450 g/mol. The van der Waals surface area contributed by atoms with Gasteiger partial charge in [0.15, 0.2) is 0 Å². The maximum absolute atomic E-state index is 13.0. The smallest absolute Gasteiger partial charge is 0.275 e. The van der Waals surface area contributed by atoms with Crippen LogP contribution in [0.1, 0.15) is 31.0 Å². The number of nitrogens with one attached hydrogen (secondary N) is 1. The fourth-order valence-corrected chi connectivity index (χ4v) is 5.15. The Morgan fingerprint density at radius 2 is 1.56 bits per heavy atom. The van der Waals surface area contributed by atoms with Crippen LogP contribution in [0.15, 0.2) is 82.5 Å². The quantitative estimate of drug-likeness (QED) is 0.391. The summed E-state index contributed by atoms with van der Waals surface area (Å²) in [6, 6.07) is 20.3. The van der Waals surface area contributed by atoms with Gasteiger partial charge in [-0.1, -0.05) is 50.2 Å². The van der Waals surface area contributed by atoms with E-state index in [4.69, 9.17) is 0 Å². The van der Waals surface area contributed by atoms with E-state index in [2.05, 4.69) is 4.72 Å². The molecule has 0 spiro atoms. The van der Waals surface area contributed by atoms with Gasteiger partial charge in [-0.05, 0) is 60.4 Å². The lowest BCUT2D eigenvalue weighted by Gasteiger charge is -2.13. The molecule has 4 aromatic rings. The van der Waals surface area contributed by atoms with Gasteiger partial charge in [-0.2, -0.15) is 0 Å². The molecule has 2 N–H and O–H groups in total. The van der Waals surface area contributed by atoms with E-state index in [0.717, 1.165) is 22.4 Å². The molecule has 0 aliphatic carbocycles. The predicted molar refractivity (Wildman–Crippen MR) is 134 cm³/mol. The number of phenolic OH excluding ortho intramolecular Hbond substituents is 1. The van der Waals surface area contributed by atoms with Crippen molar-refractivity contribution in [3.63, 3.8) is 0 Å². The Labute approximate surface area is 199 Å². The minimum atomic E-state index is -3.97. The largest absolute Gasteiger partial charge is 0.506 e. The minimum Gasteiger partial charge on any atom is -0.506 e. The Kier molecular flexibility index (Phi) is 6.10. The lowest BCUT2D eigenvalue weighted by Crippen LogP contribution is -2.21. The van der Waals surface area contributed by atoms with Crippen molar-refractivity contribution in [1.82, 2.24) is 9.36 Å². The summed E-state index contributed by atoms with van der Waals surface area (Å²) in [6.07, 6.45) is 0. The molecule has 0 saturated heterocycles. The number of benzene rings is 3. The molecule has 0 radical (unpaired) electrons. The van der Waals surface area contributed by atoms with E-state index in [-0.39, 0.29) is 27.8 Å². The standard InChI is InChI=1S/C26H27N3O4S/c1-17(2)25-18(3)28(4)29(26(25)31)21-11-13-22(14-12-21)34(32,33)27-23-16-20(10-15-24(23)30)19-8-6-5-7-9-19/h5-17,27,30H,1-4H3.